The lowest BCUT2D eigenvalue weighted by molar-refractivity contribution is -0.364. The van der Waals surface area contributed by atoms with E-state index in [1.165, 1.54) is 43.3 Å². The smallest absolute Gasteiger partial charge is 0.331 e. The second-order valence-corrected chi connectivity index (χ2v) is 10.4. The standard InChI is InChI=1S/C29H36O15/c1-13-22(36)23(37)24(38)28(41-13)44-27-25(39)26(43-21(35)7-4-14-2-5-16(31)18(33)10-14)20(12-30)42-29(27)40-9-8-15-3-6-17(32)19(34)11-15/h2-7,10-11,13,20,22-34,36-39H,8-9,12H2,1H3/b7-4+/t13-,20+,22-,23+,24+,25-,26+,27+,28-,29+/m0/s1. The van der Waals surface area contributed by atoms with E-state index in [4.69, 9.17) is 23.7 Å². The monoisotopic (exact) mass is 624 g/mol. The van der Waals surface area contributed by atoms with Crippen molar-refractivity contribution in [2.24, 2.45) is 0 Å². The summed E-state index contributed by atoms with van der Waals surface area (Å²) >= 11 is 0. The van der Waals surface area contributed by atoms with E-state index in [0.29, 0.717) is 11.1 Å². The van der Waals surface area contributed by atoms with Crippen molar-refractivity contribution in [3.05, 3.63) is 53.6 Å². The zero-order chi connectivity index (χ0) is 32.1. The fraction of sp³-hybridized carbons (Fsp3) is 0.483. The molecule has 0 aliphatic carbocycles. The molecule has 2 saturated heterocycles. The maximum Gasteiger partial charge on any atom is 0.331 e. The molecule has 0 spiro atoms. The molecule has 2 aromatic rings. The summed E-state index contributed by atoms with van der Waals surface area (Å²) in [5.41, 5.74) is 0.914. The molecule has 0 unspecified atom stereocenters. The van der Waals surface area contributed by atoms with Crippen LogP contribution in [0.2, 0.25) is 0 Å². The van der Waals surface area contributed by atoms with Gasteiger partial charge in [-0.25, -0.2) is 4.79 Å². The van der Waals surface area contributed by atoms with Crippen LogP contribution in [0.4, 0.5) is 0 Å². The van der Waals surface area contributed by atoms with Gasteiger partial charge in [0.25, 0.3) is 0 Å². The number of aromatic hydroxyl groups is 4. The summed E-state index contributed by atoms with van der Waals surface area (Å²) in [5, 5.41) is 90.5. The summed E-state index contributed by atoms with van der Waals surface area (Å²) in [5.74, 6) is -2.39. The van der Waals surface area contributed by atoms with Crippen LogP contribution in [0, 0.1) is 0 Å². The second-order valence-electron chi connectivity index (χ2n) is 10.4. The van der Waals surface area contributed by atoms with Gasteiger partial charge in [-0.05, 0) is 54.8 Å². The molecule has 44 heavy (non-hydrogen) atoms. The number of esters is 1. The predicted molar refractivity (Wildman–Crippen MR) is 147 cm³/mol. The normalized spacial score (nSPS) is 32.5. The highest BCUT2D eigenvalue weighted by Gasteiger charge is 2.52. The van der Waals surface area contributed by atoms with Gasteiger partial charge >= 0.3 is 5.97 Å². The number of hydrogen-bond donors (Lipinski definition) is 9. The molecule has 242 valence electrons. The summed E-state index contributed by atoms with van der Waals surface area (Å²) in [4.78, 5) is 12.7. The SMILES string of the molecule is C[C@@H]1O[C@@H](O[C@H]2[C@H](OCCc3ccc(O)c(O)c3)O[C@H](CO)[C@@H](OC(=O)/C=C/c3ccc(O)c(O)c3)[C@@H]2O)[C@H](O)[C@H](O)[C@H]1O. The summed E-state index contributed by atoms with van der Waals surface area (Å²) in [6.45, 7) is 0.614. The van der Waals surface area contributed by atoms with Gasteiger partial charge in [-0.3, -0.25) is 0 Å². The van der Waals surface area contributed by atoms with Crippen LogP contribution in [0.3, 0.4) is 0 Å². The number of carbonyl (C=O) groups is 1. The number of aliphatic hydroxyl groups is 5. The summed E-state index contributed by atoms with van der Waals surface area (Å²) in [6, 6.07) is 7.99. The third kappa shape index (κ3) is 7.76. The highest BCUT2D eigenvalue weighted by Crippen LogP contribution is 2.32. The highest BCUT2D eigenvalue weighted by molar-refractivity contribution is 5.87. The Kier molecular flexibility index (Phi) is 11.0. The molecular formula is C29H36O15. The number of benzene rings is 2. The lowest BCUT2D eigenvalue weighted by atomic mass is 9.97. The van der Waals surface area contributed by atoms with Crippen molar-refractivity contribution in [2.45, 2.75) is 74.8 Å². The fourth-order valence-corrected chi connectivity index (χ4v) is 4.75. The predicted octanol–water partition coefficient (Wildman–Crippen LogP) is -1.02. The van der Waals surface area contributed by atoms with Crippen molar-refractivity contribution in [1.29, 1.82) is 0 Å². The van der Waals surface area contributed by atoms with Crippen LogP contribution in [-0.4, -0.2) is 127 Å². The van der Waals surface area contributed by atoms with Crippen LogP contribution in [0.1, 0.15) is 18.1 Å². The highest BCUT2D eigenvalue weighted by atomic mass is 16.8. The number of hydrogen-bond acceptors (Lipinski definition) is 15. The Morgan fingerprint density at radius 1 is 0.818 bits per heavy atom. The van der Waals surface area contributed by atoms with Crippen LogP contribution in [-0.2, 0) is 34.9 Å². The summed E-state index contributed by atoms with van der Waals surface area (Å²) in [6.07, 6.45) is -12.5. The zero-order valence-electron chi connectivity index (χ0n) is 23.5. The minimum atomic E-state index is -1.75. The molecule has 4 rings (SSSR count). The molecule has 0 bridgehead atoms. The summed E-state index contributed by atoms with van der Waals surface area (Å²) in [7, 11) is 0. The average Bonchev–Trinajstić information content (AvgIpc) is 2.99. The molecule has 0 amide bonds. The summed E-state index contributed by atoms with van der Waals surface area (Å²) < 4.78 is 28.3. The first-order chi connectivity index (χ1) is 20.9. The van der Waals surface area contributed by atoms with E-state index < -0.39 is 79.7 Å². The van der Waals surface area contributed by atoms with Gasteiger partial charge in [-0.2, -0.15) is 0 Å². The largest absolute Gasteiger partial charge is 0.504 e. The van der Waals surface area contributed by atoms with E-state index >= 15 is 0 Å². The first-order valence-electron chi connectivity index (χ1n) is 13.7. The molecule has 2 aliphatic heterocycles. The Hall–Kier alpha value is -3.51. The van der Waals surface area contributed by atoms with Crippen molar-refractivity contribution in [1.82, 2.24) is 0 Å². The Balaban J connectivity index is 1.51. The number of phenols is 4. The van der Waals surface area contributed by atoms with Gasteiger partial charge in [0.15, 0.2) is 41.7 Å². The van der Waals surface area contributed by atoms with Gasteiger partial charge in [0.2, 0.25) is 0 Å². The van der Waals surface area contributed by atoms with Crippen molar-refractivity contribution in [2.75, 3.05) is 13.2 Å². The van der Waals surface area contributed by atoms with Gasteiger partial charge < -0.3 is 69.6 Å². The molecule has 2 heterocycles. The lowest BCUT2D eigenvalue weighted by Crippen LogP contribution is -2.64. The molecule has 9 N–H and O–H groups in total. The fourth-order valence-electron chi connectivity index (χ4n) is 4.75. The number of phenolic OH excluding ortho intramolecular Hbond substituents is 4. The van der Waals surface area contributed by atoms with Gasteiger partial charge in [-0.15, -0.1) is 0 Å². The molecule has 15 nitrogen and oxygen atoms in total. The van der Waals surface area contributed by atoms with Crippen molar-refractivity contribution >= 4 is 12.0 Å². The van der Waals surface area contributed by atoms with Crippen molar-refractivity contribution in [3.63, 3.8) is 0 Å². The minimum absolute atomic E-state index is 0.0852. The lowest BCUT2D eigenvalue weighted by Gasteiger charge is -2.46. The van der Waals surface area contributed by atoms with Crippen LogP contribution in [0.5, 0.6) is 23.0 Å². The Morgan fingerprint density at radius 3 is 2.16 bits per heavy atom. The topological polar surface area (TPSA) is 245 Å². The molecule has 0 radical (unpaired) electrons. The number of aliphatic hydroxyl groups excluding tert-OH is 5. The average molecular weight is 625 g/mol. The van der Waals surface area contributed by atoms with E-state index in [1.807, 2.05) is 0 Å². The van der Waals surface area contributed by atoms with E-state index in [-0.39, 0.29) is 30.3 Å². The maximum atomic E-state index is 12.7. The first kappa shape index (κ1) is 33.4. The Morgan fingerprint density at radius 2 is 1.50 bits per heavy atom. The number of rotatable bonds is 10. The first-order valence-corrected chi connectivity index (χ1v) is 13.7. The van der Waals surface area contributed by atoms with E-state index in [9.17, 15) is 50.8 Å². The van der Waals surface area contributed by atoms with Gasteiger partial charge in [0, 0.05) is 6.08 Å². The van der Waals surface area contributed by atoms with Crippen LogP contribution >= 0.6 is 0 Å². The van der Waals surface area contributed by atoms with Crippen molar-refractivity contribution in [3.8, 4) is 23.0 Å². The Bertz CT molecular complexity index is 1300. The third-order valence-electron chi connectivity index (χ3n) is 7.27. The molecule has 2 fully saturated rings. The van der Waals surface area contributed by atoms with E-state index in [2.05, 4.69) is 0 Å². The third-order valence-corrected chi connectivity index (χ3v) is 7.27. The molecule has 15 heteroatoms. The minimum Gasteiger partial charge on any atom is -0.504 e. The molecule has 10 atom stereocenters. The molecule has 2 aromatic carbocycles. The zero-order valence-corrected chi connectivity index (χ0v) is 23.5. The van der Waals surface area contributed by atoms with Crippen LogP contribution < -0.4 is 0 Å². The molecular weight excluding hydrogens is 588 g/mol. The van der Waals surface area contributed by atoms with Crippen molar-refractivity contribution < 1.29 is 74.4 Å². The van der Waals surface area contributed by atoms with Crippen LogP contribution in [0.15, 0.2) is 42.5 Å². The van der Waals surface area contributed by atoms with Gasteiger partial charge in [-0.1, -0.05) is 12.1 Å². The Labute approximate surface area is 251 Å². The second kappa shape index (κ2) is 14.5. The molecule has 0 saturated carbocycles. The van der Waals surface area contributed by atoms with E-state index in [1.54, 1.807) is 6.07 Å². The van der Waals surface area contributed by atoms with Crippen LogP contribution in [0.25, 0.3) is 6.08 Å². The molecule has 0 aromatic heterocycles. The van der Waals surface area contributed by atoms with E-state index in [0.717, 1.165) is 6.08 Å². The van der Waals surface area contributed by atoms with Gasteiger partial charge in [0.1, 0.15) is 36.6 Å². The number of carbonyl (C=O) groups excluding carboxylic acids is 1. The number of ether oxygens (including phenoxy) is 5. The maximum absolute atomic E-state index is 12.7. The molecule has 2 aliphatic rings. The quantitative estimate of drug-likeness (QED) is 0.0873. The van der Waals surface area contributed by atoms with Gasteiger partial charge in [0.05, 0.1) is 19.3 Å².